The van der Waals surface area contributed by atoms with Crippen LogP contribution in [0.4, 0.5) is 5.69 Å². The second-order valence-electron chi connectivity index (χ2n) is 9.34. The van der Waals surface area contributed by atoms with E-state index in [0.717, 1.165) is 75.9 Å². The first-order valence-electron chi connectivity index (χ1n) is 12.7. The van der Waals surface area contributed by atoms with Crippen LogP contribution in [-0.4, -0.2) is 72.9 Å². The Morgan fingerprint density at radius 3 is 2.63 bits per heavy atom. The molecule has 2 aromatic carbocycles. The number of nitrogens with zero attached hydrogens (tertiary/aromatic N) is 1. The Kier molecular flexibility index (Phi) is 9.66. The fourth-order valence-corrected chi connectivity index (χ4v) is 5.07. The molecule has 0 aliphatic carbocycles. The molecule has 2 heterocycles. The van der Waals surface area contributed by atoms with Gasteiger partial charge in [-0.1, -0.05) is 18.2 Å². The summed E-state index contributed by atoms with van der Waals surface area (Å²) < 4.78 is 28.4. The number of methoxy groups -OCH3 is 3. The van der Waals surface area contributed by atoms with Gasteiger partial charge in [0.2, 0.25) is 0 Å². The maximum Gasteiger partial charge on any atom is 0.142 e. The molecule has 2 aromatic rings. The molecule has 2 aliphatic heterocycles. The normalized spacial score (nSPS) is 21.9. The number of rotatable bonds is 12. The number of benzene rings is 2. The molecule has 0 spiro atoms. The predicted molar refractivity (Wildman–Crippen MR) is 138 cm³/mol. The van der Waals surface area contributed by atoms with E-state index >= 15 is 0 Å². The summed E-state index contributed by atoms with van der Waals surface area (Å²) >= 11 is 0. The molecule has 3 atom stereocenters. The molecule has 0 saturated carbocycles. The molecule has 0 bridgehead atoms. The Morgan fingerprint density at radius 1 is 1.03 bits per heavy atom. The minimum absolute atomic E-state index is 0.0901. The van der Waals surface area contributed by atoms with E-state index in [-0.39, 0.29) is 6.10 Å². The third-order valence-corrected chi connectivity index (χ3v) is 7.03. The van der Waals surface area contributed by atoms with Crippen LogP contribution in [0.5, 0.6) is 11.5 Å². The van der Waals surface area contributed by atoms with Gasteiger partial charge < -0.3 is 33.9 Å². The summed E-state index contributed by atoms with van der Waals surface area (Å²) in [5.41, 5.74) is 3.62. The molecule has 0 radical (unpaired) electrons. The molecule has 1 N–H and O–H groups in total. The quantitative estimate of drug-likeness (QED) is 0.457. The van der Waals surface area contributed by atoms with Gasteiger partial charge >= 0.3 is 0 Å². The number of anilines is 1. The Bertz CT molecular complexity index is 907. The molecule has 0 unspecified atom stereocenters. The van der Waals surface area contributed by atoms with E-state index in [1.54, 1.807) is 21.3 Å². The first-order valence-corrected chi connectivity index (χ1v) is 12.7. The van der Waals surface area contributed by atoms with E-state index in [1.807, 2.05) is 12.1 Å². The smallest absolute Gasteiger partial charge is 0.142 e. The highest BCUT2D eigenvalue weighted by atomic mass is 16.5. The summed E-state index contributed by atoms with van der Waals surface area (Å²) in [7, 11) is 5.22. The van der Waals surface area contributed by atoms with Crippen molar-refractivity contribution in [1.29, 1.82) is 0 Å². The molecule has 1 saturated heterocycles. The van der Waals surface area contributed by atoms with Crippen molar-refractivity contribution in [1.82, 2.24) is 5.32 Å². The molecular weight excluding hydrogens is 444 g/mol. The molecule has 35 heavy (non-hydrogen) atoms. The SMILES string of the molecule is COCCCN1CCOc2ccc(CO[C@H]3CN[C@H](CCOC)C[C@@H]3c3ccc(OC)cc3)cc21. The minimum atomic E-state index is 0.0901. The van der Waals surface area contributed by atoms with Crippen LogP contribution < -0.4 is 19.7 Å². The predicted octanol–water partition coefficient (Wildman–Crippen LogP) is 4.00. The molecule has 2 aliphatic rings. The largest absolute Gasteiger partial charge is 0.497 e. The van der Waals surface area contributed by atoms with E-state index in [1.165, 1.54) is 11.1 Å². The van der Waals surface area contributed by atoms with E-state index in [9.17, 15) is 0 Å². The van der Waals surface area contributed by atoms with Crippen LogP contribution in [-0.2, 0) is 20.8 Å². The fraction of sp³-hybridized carbons (Fsp3) is 0.571. The molecule has 4 rings (SSSR count). The van der Waals surface area contributed by atoms with Gasteiger partial charge in [0.05, 0.1) is 32.1 Å². The Hall–Kier alpha value is -2.32. The molecule has 192 valence electrons. The van der Waals surface area contributed by atoms with Gasteiger partial charge in [0.25, 0.3) is 0 Å². The number of piperidine rings is 1. The molecule has 0 aromatic heterocycles. The summed E-state index contributed by atoms with van der Waals surface area (Å²) in [6.45, 7) is 5.50. The topological polar surface area (TPSA) is 61.4 Å². The van der Waals surface area contributed by atoms with Gasteiger partial charge in [0.1, 0.15) is 18.1 Å². The zero-order valence-electron chi connectivity index (χ0n) is 21.3. The minimum Gasteiger partial charge on any atom is -0.497 e. The number of hydrogen-bond donors (Lipinski definition) is 1. The van der Waals surface area contributed by atoms with Crippen LogP contribution in [0.3, 0.4) is 0 Å². The first kappa shape index (κ1) is 25.8. The van der Waals surface area contributed by atoms with E-state index < -0.39 is 0 Å². The lowest BCUT2D eigenvalue weighted by Gasteiger charge is -2.37. The van der Waals surface area contributed by atoms with E-state index in [0.29, 0.717) is 18.6 Å². The third-order valence-electron chi connectivity index (χ3n) is 7.03. The van der Waals surface area contributed by atoms with Gasteiger partial charge in [-0.05, 0) is 54.7 Å². The average molecular weight is 485 g/mol. The van der Waals surface area contributed by atoms with Crippen molar-refractivity contribution in [3.05, 3.63) is 53.6 Å². The van der Waals surface area contributed by atoms with Crippen molar-refractivity contribution in [2.24, 2.45) is 0 Å². The summed E-state index contributed by atoms with van der Waals surface area (Å²) in [6.07, 6.45) is 3.11. The van der Waals surface area contributed by atoms with Gasteiger partial charge in [-0.2, -0.15) is 0 Å². The standard InChI is InChI=1S/C28H40N2O5/c1-31-14-4-12-30-13-16-34-27-10-5-21(17-26(27)30)20-35-28-19-29-23(11-15-32-2)18-25(28)22-6-8-24(33-3)9-7-22/h5-10,17,23,25,28-29H,4,11-16,18-20H2,1-3H3/t23-,25-,28+/m1/s1. The van der Waals surface area contributed by atoms with Crippen LogP contribution in [0, 0.1) is 0 Å². The monoisotopic (exact) mass is 484 g/mol. The number of nitrogens with one attached hydrogen (secondary N) is 1. The molecule has 0 amide bonds. The van der Waals surface area contributed by atoms with Crippen molar-refractivity contribution in [2.75, 3.05) is 65.7 Å². The van der Waals surface area contributed by atoms with Gasteiger partial charge in [0, 0.05) is 52.5 Å². The second-order valence-corrected chi connectivity index (χ2v) is 9.34. The fourth-order valence-electron chi connectivity index (χ4n) is 5.07. The number of ether oxygens (including phenoxy) is 5. The van der Waals surface area contributed by atoms with Crippen molar-refractivity contribution >= 4 is 5.69 Å². The highest BCUT2D eigenvalue weighted by Crippen LogP contribution is 2.35. The van der Waals surface area contributed by atoms with Crippen molar-refractivity contribution < 1.29 is 23.7 Å². The summed E-state index contributed by atoms with van der Waals surface area (Å²) in [4.78, 5) is 2.39. The van der Waals surface area contributed by atoms with Crippen molar-refractivity contribution in [2.45, 2.75) is 43.9 Å². The summed E-state index contributed by atoms with van der Waals surface area (Å²) in [5.74, 6) is 2.15. The number of hydrogen-bond acceptors (Lipinski definition) is 7. The zero-order valence-corrected chi connectivity index (χ0v) is 21.3. The van der Waals surface area contributed by atoms with E-state index in [4.69, 9.17) is 23.7 Å². The van der Waals surface area contributed by atoms with Crippen LogP contribution in [0.25, 0.3) is 0 Å². The van der Waals surface area contributed by atoms with Crippen LogP contribution in [0.1, 0.15) is 36.3 Å². The average Bonchev–Trinajstić information content (AvgIpc) is 2.91. The Morgan fingerprint density at radius 2 is 1.86 bits per heavy atom. The lowest BCUT2D eigenvalue weighted by atomic mass is 9.83. The van der Waals surface area contributed by atoms with Gasteiger partial charge in [-0.25, -0.2) is 0 Å². The van der Waals surface area contributed by atoms with Gasteiger partial charge in [-0.15, -0.1) is 0 Å². The molecule has 1 fully saturated rings. The first-order chi connectivity index (χ1) is 17.2. The van der Waals surface area contributed by atoms with Gasteiger partial charge in [-0.3, -0.25) is 0 Å². The molecule has 7 heteroatoms. The molecular formula is C28H40N2O5. The number of fused-ring (bicyclic) bond motifs is 1. The van der Waals surface area contributed by atoms with Gasteiger partial charge in [0.15, 0.2) is 0 Å². The lowest BCUT2D eigenvalue weighted by Crippen LogP contribution is -2.47. The van der Waals surface area contributed by atoms with Crippen LogP contribution >= 0.6 is 0 Å². The summed E-state index contributed by atoms with van der Waals surface area (Å²) in [5, 5.41) is 3.68. The highest BCUT2D eigenvalue weighted by molar-refractivity contribution is 5.61. The maximum atomic E-state index is 6.57. The third kappa shape index (κ3) is 6.88. The van der Waals surface area contributed by atoms with Crippen LogP contribution in [0.2, 0.25) is 0 Å². The Balaban J connectivity index is 1.44. The van der Waals surface area contributed by atoms with Crippen molar-refractivity contribution in [3.8, 4) is 11.5 Å². The maximum absolute atomic E-state index is 6.57. The Labute approximate surface area is 209 Å². The van der Waals surface area contributed by atoms with Crippen LogP contribution in [0.15, 0.2) is 42.5 Å². The lowest BCUT2D eigenvalue weighted by molar-refractivity contribution is 0.000514. The van der Waals surface area contributed by atoms with Crippen molar-refractivity contribution in [3.63, 3.8) is 0 Å². The molecule has 7 nitrogen and oxygen atoms in total. The summed E-state index contributed by atoms with van der Waals surface area (Å²) in [6, 6.07) is 15.3. The second kappa shape index (κ2) is 13.1. The highest BCUT2D eigenvalue weighted by Gasteiger charge is 2.32. The zero-order chi connectivity index (χ0) is 24.5. The van der Waals surface area contributed by atoms with E-state index in [2.05, 4.69) is 40.5 Å².